The van der Waals surface area contributed by atoms with Crippen LogP contribution in [0.1, 0.15) is 44.6 Å². The summed E-state index contributed by atoms with van der Waals surface area (Å²) in [6, 6.07) is 19.7. The van der Waals surface area contributed by atoms with Gasteiger partial charge in [0.2, 0.25) is 21.8 Å². The summed E-state index contributed by atoms with van der Waals surface area (Å²) in [6.45, 7) is 1.47. The summed E-state index contributed by atoms with van der Waals surface area (Å²) < 4.78 is 28.0. The zero-order valence-corrected chi connectivity index (χ0v) is 24.2. The third-order valence-electron chi connectivity index (χ3n) is 7.10. The van der Waals surface area contributed by atoms with Crippen LogP contribution in [0.25, 0.3) is 10.8 Å². The number of carbonyl (C=O) groups is 2. The lowest BCUT2D eigenvalue weighted by molar-refractivity contribution is -0.139. The molecule has 38 heavy (non-hydrogen) atoms. The van der Waals surface area contributed by atoms with Crippen molar-refractivity contribution in [3.8, 4) is 0 Å². The van der Waals surface area contributed by atoms with Crippen molar-refractivity contribution in [2.45, 2.75) is 57.7 Å². The minimum atomic E-state index is -3.81. The number of benzene rings is 3. The Balaban J connectivity index is 1.64. The molecule has 0 saturated heterocycles. The van der Waals surface area contributed by atoms with Crippen LogP contribution >= 0.6 is 15.9 Å². The quantitative estimate of drug-likeness (QED) is 0.364. The number of hydrogen-bond donors (Lipinski definition) is 1. The van der Waals surface area contributed by atoms with Crippen molar-refractivity contribution >= 4 is 54.2 Å². The van der Waals surface area contributed by atoms with Gasteiger partial charge < -0.3 is 10.2 Å². The second kappa shape index (κ2) is 12.3. The van der Waals surface area contributed by atoms with Crippen molar-refractivity contribution in [3.63, 3.8) is 0 Å². The van der Waals surface area contributed by atoms with Gasteiger partial charge in [0.15, 0.2) is 0 Å². The van der Waals surface area contributed by atoms with Crippen molar-refractivity contribution in [1.29, 1.82) is 0 Å². The summed E-state index contributed by atoms with van der Waals surface area (Å²) in [7, 11) is -3.81. The van der Waals surface area contributed by atoms with Crippen molar-refractivity contribution in [3.05, 3.63) is 76.8 Å². The maximum Gasteiger partial charge on any atom is 0.244 e. The van der Waals surface area contributed by atoms with E-state index in [0.717, 1.165) is 57.1 Å². The van der Waals surface area contributed by atoms with E-state index in [1.54, 1.807) is 19.1 Å². The molecule has 202 valence electrons. The van der Waals surface area contributed by atoms with Gasteiger partial charge in [-0.05, 0) is 48.9 Å². The molecule has 0 unspecified atom stereocenters. The van der Waals surface area contributed by atoms with Gasteiger partial charge in [0, 0.05) is 22.4 Å². The van der Waals surface area contributed by atoms with E-state index in [0.29, 0.717) is 5.69 Å². The van der Waals surface area contributed by atoms with Gasteiger partial charge in [-0.1, -0.05) is 83.7 Å². The average Bonchev–Trinajstić information content (AvgIpc) is 2.90. The van der Waals surface area contributed by atoms with Crippen molar-refractivity contribution in [2.24, 2.45) is 0 Å². The van der Waals surface area contributed by atoms with E-state index in [2.05, 4.69) is 21.2 Å². The molecule has 1 fully saturated rings. The maximum atomic E-state index is 13.8. The standard InChI is InChI=1S/C29H34BrN3O4S/c1-21(29(35)31-25-11-4-3-5-12-25)32(19-22-15-17-24(30)18-16-22)28(34)20-33(38(2,36)37)27-14-8-10-23-9-6-7-13-26(23)27/h6-10,13-18,21,25H,3-5,11-12,19-20H2,1-2H3,(H,31,35)/t21-/m1/s1. The Hall–Kier alpha value is -2.91. The van der Waals surface area contributed by atoms with Gasteiger partial charge in [0.05, 0.1) is 11.9 Å². The Morgan fingerprint density at radius 3 is 2.32 bits per heavy atom. The van der Waals surface area contributed by atoms with E-state index < -0.39 is 28.5 Å². The summed E-state index contributed by atoms with van der Waals surface area (Å²) in [5, 5.41) is 4.72. The average molecular weight is 601 g/mol. The zero-order chi connectivity index (χ0) is 27.3. The van der Waals surface area contributed by atoms with E-state index >= 15 is 0 Å². The number of hydrogen-bond acceptors (Lipinski definition) is 4. The Bertz CT molecular complexity index is 1380. The predicted molar refractivity (Wildman–Crippen MR) is 155 cm³/mol. The highest BCUT2D eigenvalue weighted by Gasteiger charge is 2.31. The highest BCUT2D eigenvalue weighted by Crippen LogP contribution is 2.29. The molecular formula is C29H34BrN3O4S. The minimum Gasteiger partial charge on any atom is -0.352 e. The monoisotopic (exact) mass is 599 g/mol. The topological polar surface area (TPSA) is 86.8 Å². The van der Waals surface area contributed by atoms with E-state index in [1.807, 2.05) is 54.6 Å². The number of carbonyl (C=O) groups excluding carboxylic acids is 2. The summed E-state index contributed by atoms with van der Waals surface area (Å²) in [5.41, 5.74) is 1.27. The van der Waals surface area contributed by atoms with Crippen LogP contribution in [-0.4, -0.2) is 50.0 Å². The Morgan fingerprint density at radius 2 is 1.63 bits per heavy atom. The molecular weight excluding hydrogens is 566 g/mol. The molecule has 1 atom stereocenters. The van der Waals surface area contributed by atoms with Crippen LogP contribution in [0, 0.1) is 0 Å². The van der Waals surface area contributed by atoms with Crippen molar-refractivity contribution in [1.82, 2.24) is 10.2 Å². The summed E-state index contributed by atoms with van der Waals surface area (Å²) in [5.74, 6) is -0.670. The molecule has 1 saturated carbocycles. The molecule has 1 aliphatic rings. The van der Waals surface area contributed by atoms with Gasteiger partial charge in [0.1, 0.15) is 12.6 Å². The molecule has 3 aromatic carbocycles. The number of amides is 2. The smallest absolute Gasteiger partial charge is 0.244 e. The van der Waals surface area contributed by atoms with E-state index in [9.17, 15) is 18.0 Å². The predicted octanol–water partition coefficient (Wildman–Crippen LogP) is 5.23. The summed E-state index contributed by atoms with van der Waals surface area (Å²) in [6.07, 6.45) is 6.29. The summed E-state index contributed by atoms with van der Waals surface area (Å²) in [4.78, 5) is 28.6. The second-order valence-corrected chi connectivity index (χ2v) is 12.8. The largest absolute Gasteiger partial charge is 0.352 e. The minimum absolute atomic E-state index is 0.103. The normalized spacial score (nSPS) is 15.1. The fraction of sp³-hybridized carbons (Fsp3) is 0.379. The number of nitrogens with zero attached hydrogens (tertiary/aromatic N) is 2. The third-order valence-corrected chi connectivity index (χ3v) is 8.75. The second-order valence-electron chi connectivity index (χ2n) is 9.94. The van der Waals surface area contributed by atoms with Crippen LogP contribution in [0.5, 0.6) is 0 Å². The number of sulfonamides is 1. The SMILES string of the molecule is C[C@H](C(=O)NC1CCCCC1)N(Cc1ccc(Br)cc1)C(=O)CN(c1cccc2ccccc12)S(C)(=O)=O. The molecule has 1 aliphatic carbocycles. The molecule has 7 nitrogen and oxygen atoms in total. The first-order valence-electron chi connectivity index (χ1n) is 12.9. The molecule has 0 radical (unpaired) electrons. The number of fused-ring (bicyclic) bond motifs is 1. The van der Waals surface area contributed by atoms with Crippen LogP contribution in [0.3, 0.4) is 0 Å². The number of anilines is 1. The van der Waals surface area contributed by atoms with Gasteiger partial charge in [-0.15, -0.1) is 0 Å². The first-order valence-corrected chi connectivity index (χ1v) is 15.6. The number of rotatable bonds is 9. The lowest BCUT2D eigenvalue weighted by Crippen LogP contribution is -2.53. The molecule has 0 aliphatic heterocycles. The highest BCUT2D eigenvalue weighted by atomic mass is 79.9. The van der Waals surface area contributed by atoms with Gasteiger partial charge in [-0.3, -0.25) is 13.9 Å². The Kier molecular flexibility index (Phi) is 9.10. The fourth-order valence-corrected chi connectivity index (χ4v) is 6.08. The lowest BCUT2D eigenvalue weighted by atomic mass is 9.95. The van der Waals surface area contributed by atoms with Gasteiger partial charge >= 0.3 is 0 Å². The van der Waals surface area contributed by atoms with Crippen LogP contribution < -0.4 is 9.62 Å². The van der Waals surface area contributed by atoms with Gasteiger partial charge in [-0.2, -0.15) is 0 Å². The first kappa shape index (κ1) is 28.1. The van der Waals surface area contributed by atoms with E-state index in [1.165, 1.54) is 11.3 Å². The van der Waals surface area contributed by atoms with E-state index in [4.69, 9.17) is 0 Å². The van der Waals surface area contributed by atoms with Gasteiger partial charge in [0.25, 0.3) is 0 Å². The molecule has 2 amide bonds. The molecule has 0 aromatic heterocycles. The van der Waals surface area contributed by atoms with E-state index in [-0.39, 0.29) is 18.5 Å². The number of halogens is 1. The third kappa shape index (κ3) is 6.94. The Morgan fingerprint density at radius 1 is 0.974 bits per heavy atom. The van der Waals surface area contributed by atoms with Crippen LogP contribution in [0.2, 0.25) is 0 Å². The van der Waals surface area contributed by atoms with Crippen LogP contribution in [-0.2, 0) is 26.2 Å². The molecule has 0 bridgehead atoms. The van der Waals surface area contributed by atoms with Crippen LogP contribution in [0.4, 0.5) is 5.69 Å². The molecule has 0 heterocycles. The molecule has 1 N–H and O–H groups in total. The van der Waals surface area contributed by atoms with Gasteiger partial charge in [-0.25, -0.2) is 8.42 Å². The Labute approximate surface area is 233 Å². The van der Waals surface area contributed by atoms with Crippen LogP contribution in [0.15, 0.2) is 71.2 Å². The molecule has 4 rings (SSSR count). The molecule has 9 heteroatoms. The molecule has 0 spiro atoms. The number of nitrogens with one attached hydrogen (secondary N) is 1. The molecule has 3 aromatic rings. The lowest BCUT2D eigenvalue weighted by Gasteiger charge is -2.33. The summed E-state index contributed by atoms with van der Waals surface area (Å²) >= 11 is 3.43. The first-order chi connectivity index (χ1) is 18.1. The fourth-order valence-electron chi connectivity index (χ4n) is 4.96. The zero-order valence-electron chi connectivity index (χ0n) is 21.8. The maximum absolute atomic E-state index is 13.8. The highest BCUT2D eigenvalue weighted by molar-refractivity contribution is 9.10. The van der Waals surface area contributed by atoms with Crippen molar-refractivity contribution in [2.75, 3.05) is 17.1 Å². The van der Waals surface area contributed by atoms with Crippen molar-refractivity contribution < 1.29 is 18.0 Å².